The van der Waals surface area contributed by atoms with E-state index in [0.717, 1.165) is 0 Å². The normalized spacial score (nSPS) is 20.7. The zero-order chi connectivity index (χ0) is 20.4. The van der Waals surface area contributed by atoms with Crippen molar-refractivity contribution in [3.05, 3.63) is 39.6 Å². The first-order chi connectivity index (χ1) is 12.6. The van der Waals surface area contributed by atoms with Crippen LogP contribution in [0, 0.1) is 11.3 Å². The predicted octanol–water partition coefficient (Wildman–Crippen LogP) is 5.47. The van der Waals surface area contributed by atoms with Gasteiger partial charge in [0, 0.05) is 11.4 Å². The van der Waals surface area contributed by atoms with Crippen molar-refractivity contribution in [3.8, 4) is 0 Å². The molecule has 1 aliphatic rings. The van der Waals surface area contributed by atoms with Crippen LogP contribution in [-0.4, -0.2) is 29.7 Å². The molecule has 0 fully saturated rings. The zero-order valence-electron chi connectivity index (χ0n) is 15.8. The number of halogens is 2. The molecule has 0 radical (unpaired) electrons. The van der Waals surface area contributed by atoms with E-state index in [1.54, 1.807) is 18.2 Å². The molecular formula is C20H23Cl2NO4. The molecule has 0 aliphatic heterocycles. The molecule has 7 heteroatoms. The van der Waals surface area contributed by atoms with Crippen LogP contribution < -0.4 is 0 Å². The number of carbonyl (C=O) groups is 2. The first kappa shape index (κ1) is 21.5. The van der Waals surface area contributed by atoms with E-state index in [1.165, 1.54) is 7.11 Å². The van der Waals surface area contributed by atoms with Crippen molar-refractivity contribution >= 4 is 46.4 Å². The van der Waals surface area contributed by atoms with E-state index in [-0.39, 0.29) is 23.5 Å². The van der Waals surface area contributed by atoms with E-state index in [9.17, 15) is 14.7 Å². The number of nitrogens with zero attached hydrogens (tertiary/aromatic N) is 1. The van der Waals surface area contributed by atoms with Gasteiger partial charge in [-0.1, -0.05) is 44.0 Å². The number of esters is 1. The number of allylic oxidation sites excluding steroid dienone is 1. The standard InChI is InChI=1S/C20H23Cl2NO4/c1-5-6-15(24)16-14(23-13-8-7-11(21)9-12(13)22)10-20(2,3)17(18(16)25)19(26)27-4/h7-9,17,25H,5-6,10H2,1-4H3/t17-/m0/s1. The molecule has 0 unspecified atom stereocenters. The van der Waals surface area contributed by atoms with Crippen molar-refractivity contribution in [2.75, 3.05) is 7.11 Å². The molecule has 27 heavy (non-hydrogen) atoms. The van der Waals surface area contributed by atoms with E-state index in [1.807, 2.05) is 20.8 Å². The predicted molar refractivity (Wildman–Crippen MR) is 107 cm³/mol. The number of hydrogen-bond acceptors (Lipinski definition) is 5. The van der Waals surface area contributed by atoms with E-state index >= 15 is 0 Å². The summed E-state index contributed by atoms with van der Waals surface area (Å²) in [6, 6.07) is 4.86. The summed E-state index contributed by atoms with van der Waals surface area (Å²) in [4.78, 5) is 29.5. The molecule has 5 nitrogen and oxygen atoms in total. The van der Waals surface area contributed by atoms with E-state index < -0.39 is 17.3 Å². The maximum Gasteiger partial charge on any atom is 0.316 e. The third-order valence-corrected chi connectivity index (χ3v) is 5.12. The maximum absolute atomic E-state index is 12.7. The van der Waals surface area contributed by atoms with Crippen LogP contribution in [-0.2, 0) is 14.3 Å². The van der Waals surface area contributed by atoms with Crippen LogP contribution in [0.5, 0.6) is 0 Å². The number of ketones is 1. The Bertz CT molecular complexity index is 827. The first-order valence-corrected chi connectivity index (χ1v) is 9.45. The maximum atomic E-state index is 12.7. The number of carbonyl (C=O) groups excluding carboxylic acids is 2. The van der Waals surface area contributed by atoms with Crippen molar-refractivity contribution in [2.45, 2.75) is 40.0 Å². The fraction of sp³-hybridized carbons (Fsp3) is 0.450. The van der Waals surface area contributed by atoms with Gasteiger partial charge in [-0.2, -0.15) is 0 Å². The Labute approximate surface area is 169 Å². The fourth-order valence-corrected chi connectivity index (χ4v) is 3.75. The van der Waals surface area contributed by atoms with Gasteiger partial charge in [0.25, 0.3) is 0 Å². The van der Waals surface area contributed by atoms with Gasteiger partial charge in [-0.15, -0.1) is 0 Å². The van der Waals surface area contributed by atoms with Gasteiger partial charge in [0.15, 0.2) is 5.78 Å². The Hall–Kier alpha value is -1.85. The van der Waals surface area contributed by atoms with E-state index in [2.05, 4.69) is 4.99 Å². The van der Waals surface area contributed by atoms with Crippen LogP contribution in [0.15, 0.2) is 34.5 Å². The van der Waals surface area contributed by atoms with Gasteiger partial charge in [-0.3, -0.25) is 14.6 Å². The summed E-state index contributed by atoms with van der Waals surface area (Å²) in [6.07, 6.45) is 1.15. The van der Waals surface area contributed by atoms with Crippen LogP contribution in [0.4, 0.5) is 5.69 Å². The van der Waals surface area contributed by atoms with Gasteiger partial charge >= 0.3 is 5.97 Å². The van der Waals surface area contributed by atoms with E-state index in [4.69, 9.17) is 27.9 Å². The molecule has 1 aliphatic carbocycles. The van der Waals surface area contributed by atoms with Crippen LogP contribution in [0.3, 0.4) is 0 Å². The van der Waals surface area contributed by atoms with Gasteiger partial charge < -0.3 is 9.84 Å². The molecule has 0 saturated carbocycles. The summed E-state index contributed by atoms with van der Waals surface area (Å²) >= 11 is 12.1. The number of rotatable bonds is 5. The topological polar surface area (TPSA) is 76.0 Å². The van der Waals surface area contributed by atoms with Gasteiger partial charge in [-0.25, -0.2) is 0 Å². The summed E-state index contributed by atoms with van der Waals surface area (Å²) in [6.45, 7) is 5.52. The summed E-state index contributed by atoms with van der Waals surface area (Å²) in [7, 11) is 1.26. The van der Waals surface area contributed by atoms with Crippen molar-refractivity contribution in [1.29, 1.82) is 0 Å². The number of methoxy groups -OCH3 is 1. The highest BCUT2D eigenvalue weighted by Gasteiger charge is 2.47. The SMILES string of the molecule is CCCC(=O)C1=C(O)[C@@H](C(=O)OC)C(C)(C)CC1=Nc1ccc(Cl)cc1Cl. The third kappa shape index (κ3) is 4.53. The molecule has 0 heterocycles. The number of benzene rings is 1. The number of Topliss-reactive ketones (excluding diaryl/α,β-unsaturated/α-hetero) is 1. The van der Waals surface area contributed by atoms with Gasteiger partial charge in [0.1, 0.15) is 11.7 Å². The van der Waals surface area contributed by atoms with Gasteiger partial charge in [0.05, 0.1) is 29.1 Å². The number of aliphatic hydroxyl groups excluding tert-OH is 1. The molecule has 146 valence electrons. The molecular weight excluding hydrogens is 389 g/mol. The highest BCUT2D eigenvalue weighted by Crippen LogP contribution is 2.44. The highest BCUT2D eigenvalue weighted by molar-refractivity contribution is 6.36. The summed E-state index contributed by atoms with van der Waals surface area (Å²) < 4.78 is 4.85. The monoisotopic (exact) mass is 411 g/mol. The van der Waals surface area contributed by atoms with Crippen molar-refractivity contribution in [3.63, 3.8) is 0 Å². The minimum atomic E-state index is -0.932. The lowest BCUT2D eigenvalue weighted by molar-refractivity contribution is -0.149. The first-order valence-electron chi connectivity index (χ1n) is 8.69. The lowest BCUT2D eigenvalue weighted by Gasteiger charge is -2.37. The smallest absolute Gasteiger partial charge is 0.316 e. The Morgan fingerprint density at radius 1 is 1.33 bits per heavy atom. The molecule has 1 aromatic rings. The molecule has 0 amide bonds. The lowest BCUT2D eigenvalue weighted by Crippen LogP contribution is -2.41. The van der Waals surface area contributed by atoms with Crippen LogP contribution in [0.25, 0.3) is 0 Å². The minimum Gasteiger partial charge on any atom is -0.511 e. The van der Waals surface area contributed by atoms with Crippen LogP contribution >= 0.6 is 23.2 Å². The highest BCUT2D eigenvalue weighted by atomic mass is 35.5. The van der Waals surface area contributed by atoms with Crippen LogP contribution in [0.1, 0.15) is 40.0 Å². The van der Waals surface area contributed by atoms with Gasteiger partial charge in [0.2, 0.25) is 0 Å². The Balaban J connectivity index is 2.67. The van der Waals surface area contributed by atoms with Crippen LogP contribution in [0.2, 0.25) is 10.0 Å². The average molecular weight is 412 g/mol. The molecule has 2 rings (SSSR count). The minimum absolute atomic E-state index is 0.0811. The molecule has 1 N–H and O–H groups in total. The lowest BCUT2D eigenvalue weighted by atomic mass is 9.67. The second-order valence-corrected chi connectivity index (χ2v) is 8.05. The molecule has 1 atom stereocenters. The summed E-state index contributed by atoms with van der Waals surface area (Å²) in [5.74, 6) is -2.07. The Morgan fingerprint density at radius 3 is 2.56 bits per heavy atom. The average Bonchev–Trinajstić information content (AvgIpc) is 2.56. The summed E-state index contributed by atoms with van der Waals surface area (Å²) in [5, 5.41) is 11.7. The molecule has 0 aromatic heterocycles. The zero-order valence-corrected chi connectivity index (χ0v) is 17.3. The van der Waals surface area contributed by atoms with Crippen molar-refractivity contribution in [1.82, 2.24) is 0 Å². The second kappa shape index (κ2) is 8.44. The number of aliphatic hydroxyl groups is 1. The number of ether oxygens (including phenoxy) is 1. The molecule has 0 spiro atoms. The quantitative estimate of drug-likeness (QED) is 0.651. The molecule has 0 bridgehead atoms. The molecule has 1 aromatic carbocycles. The Morgan fingerprint density at radius 2 is 2.00 bits per heavy atom. The third-order valence-electron chi connectivity index (χ3n) is 4.58. The molecule has 0 saturated heterocycles. The fourth-order valence-electron chi connectivity index (χ4n) is 3.30. The Kier molecular flexibility index (Phi) is 6.71. The van der Waals surface area contributed by atoms with Gasteiger partial charge in [-0.05, 0) is 36.5 Å². The van der Waals surface area contributed by atoms with Crippen molar-refractivity contribution in [2.24, 2.45) is 16.3 Å². The largest absolute Gasteiger partial charge is 0.511 e. The number of aliphatic imine (C=N–C) groups is 1. The van der Waals surface area contributed by atoms with Crippen molar-refractivity contribution < 1.29 is 19.4 Å². The second-order valence-electron chi connectivity index (χ2n) is 7.21. The number of hydrogen-bond donors (Lipinski definition) is 1. The van der Waals surface area contributed by atoms with E-state index in [0.29, 0.717) is 34.3 Å². The summed E-state index contributed by atoms with van der Waals surface area (Å²) in [5.41, 5.74) is 0.237.